The van der Waals surface area contributed by atoms with E-state index in [9.17, 15) is 4.79 Å². The molecular formula is C14H12Cl2N2O. The van der Waals surface area contributed by atoms with Gasteiger partial charge in [0.25, 0.3) is 5.91 Å². The summed E-state index contributed by atoms with van der Waals surface area (Å²) in [6.45, 7) is 0. The van der Waals surface area contributed by atoms with Crippen LogP contribution in [0.25, 0.3) is 6.08 Å². The third-order valence-corrected chi connectivity index (χ3v) is 4.19. The second kappa shape index (κ2) is 4.99. The van der Waals surface area contributed by atoms with Crippen molar-refractivity contribution in [2.45, 2.75) is 19.3 Å². The largest absolute Gasteiger partial charge is 0.308 e. The lowest BCUT2D eigenvalue weighted by Crippen LogP contribution is -2.33. The number of benzene rings is 1. The van der Waals surface area contributed by atoms with Crippen LogP contribution in [0.2, 0.25) is 10.0 Å². The van der Waals surface area contributed by atoms with Crippen molar-refractivity contribution in [1.29, 1.82) is 0 Å². The van der Waals surface area contributed by atoms with Gasteiger partial charge in [-0.25, -0.2) is 4.99 Å². The standard InChI is InChI=1S/C14H12Cl2N2O/c15-10-5-4-8(6-11(10)16)7-12-14(19)18-13(17-12)9-2-1-3-9/h4-7,9H,1-3H2,(H,17,18,19)/b12-7+. The van der Waals surface area contributed by atoms with E-state index in [1.165, 1.54) is 6.42 Å². The second-order valence-electron chi connectivity index (χ2n) is 4.78. The van der Waals surface area contributed by atoms with Crippen LogP contribution in [0, 0.1) is 5.92 Å². The highest BCUT2D eigenvalue weighted by atomic mass is 35.5. The molecule has 1 saturated carbocycles. The first-order valence-electron chi connectivity index (χ1n) is 6.20. The summed E-state index contributed by atoms with van der Waals surface area (Å²) in [4.78, 5) is 16.2. The summed E-state index contributed by atoms with van der Waals surface area (Å²) < 4.78 is 0. The highest BCUT2D eigenvalue weighted by Gasteiger charge is 2.30. The van der Waals surface area contributed by atoms with Gasteiger partial charge in [0.2, 0.25) is 0 Å². The first kappa shape index (κ1) is 12.7. The average Bonchev–Trinajstić information content (AvgIpc) is 2.63. The lowest BCUT2D eigenvalue weighted by molar-refractivity contribution is -0.115. The minimum absolute atomic E-state index is 0.145. The van der Waals surface area contributed by atoms with Gasteiger partial charge < -0.3 is 5.32 Å². The van der Waals surface area contributed by atoms with Crippen molar-refractivity contribution in [3.63, 3.8) is 0 Å². The van der Waals surface area contributed by atoms with Crippen LogP contribution in [0.15, 0.2) is 28.9 Å². The van der Waals surface area contributed by atoms with E-state index < -0.39 is 0 Å². The Labute approximate surface area is 121 Å². The summed E-state index contributed by atoms with van der Waals surface area (Å²) in [5.74, 6) is 1.08. The molecule has 3 nitrogen and oxygen atoms in total. The van der Waals surface area contributed by atoms with Gasteiger partial charge in [-0.3, -0.25) is 4.79 Å². The zero-order chi connectivity index (χ0) is 13.4. The number of hydrogen-bond donors (Lipinski definition) is 1. The van der Waals surface area contributed by atoms with E-state index >= 15 is 0 Å². The molecule has 0 bridgehead atoms. The number of amidine groups is 1. The van der Waals surface area contributed by atoms with Crippen molar-refractivity contribution < 1.29 is 4.79 Å². The second-order valence-corrected chi connectivity index (χ2v) is 5.60. The molecule has 19 heavy (non-hydrogen) atoms. The molecule has 0 saturated heterocycles. The van der Waals surface area contributed by atoms with Crippen molar-refractivity contribution in [2.75, 3.05) is 0 Å². The lowest BCUT2D eigenvalue weighted by atomic mass is 9.84. The third-order valence-electron chi connectivity index (χ3n) is 3.45. The van der Waals surface area contributed by atoms with E-state index in [4.69, 9.17) is 23.2 Å². The van der Waals surface area contributed by atoms with E-state index in [0.29, 0.717) is 21.7 Å². The minimum Gasteiger partial charge on any atom is -0.308 e. The van der Waals surface area contributed by atoms with E-state index in [2.05, 4.69) is 10.3 Å². The molecule has 3 rings (SSSR count). The van der Waals surface area contributed by atoms with E-state index in [-0.39, 0.29) is 5.91 Å². The van der Waals surface area contributed by atoms with E-state index in [1.54, 1.807) is 18.2 Å². The normalized spacial score (nSPS) is 21.3. The molecule has 0 radical (unpaired) electrons. The fraction of sp³-hybridized carbons (Fsp3) is 0.286. The molecule has 1 amide bonds. The summed E-state index contributed by atoms with van der Waals surface area (Å²) >= 11 is 11.8. The number of hydrogen-bond acceptors (Lipinski definition) is 2. The molecule has 1 aliphatic carbocycles. The van der Waals surface area contributed by atoms with Crippen LogP contribution in [0.3, 0.4) is 0 Å². The van der Waals surface area contributed by atoms with Crippen LogP contribution in [-0.2, 0) is 4.79 Å². The number of carbonyl (C=O) groups excluding carboxylic acids is 1. The van der Waals surface area contributed by atoms with Gasteiger partial charge in [-0.1, -0.05) is 35.7 Å². The summed E-state index contributed by atoms with van der Waals surface area (Å²) in [5, 5.41) is 3.80. The molecule has 1 N–H and O–H groups in total. The quantitative estimate of drug-likeness (QED) is 0.831. The van der Waals surface area contributed by atoms with Gasteiger partial charge in [-0.05, 0) is 36.6 Å². The molecule has 5 heteroatoms. The molecular weight excluding hydrogens is 283 g/mol. The van der Waals surface area contributed by atoms with Gasteiger partial charge in [-0.2, -0.15) is 0 Å². The number of nitrogens with zero attached hydrogens (tertiary/aromatic N) is 1. The fourth-order valence-corrected chi connectivity index (χ4v) is 2.43. The molecule has 0 spiro atoms. The van der Waals surface area contributed by atoms with Crippen molar-refractivity contribution in [1.82, 2.24) is 5.32 Å². The Hall–Kier alpha value is -1.32. The SMILES string of the molecule is O=C1NC(C2CCC2)=N/C1=C/c1ccc(Cl)c(Cl)c1. The van der Waals surface area contributed by atoms with Crippen molar-refractivity contribution in [2.24, 2.45) is 10.9 Å². The summed E-state index contributed by atoms with van der Waals surface area (Å²) in [5.41, 5.74) is 1.25. The number of amides is 1. The van der Waals surface area contributed by atoms with Crippen LogP contribution in [-0.4, -0.2) is 11.7 Å². The third kappa shape index (κ3) is 2.53. The van der Waals surface area contributed by atoms with Gasteiger partial charge in [0.15, 0.2) is 0 Å². The number of nitrogens with one attached hydrogen (secondary N) is 1. The van der Waals surface area contributed by atoms with Gasteiger partial charge in [0.05, 0.1) is 10.0 Å². The fourth-order valence-electron chi connectivity index (χ4n) is 2.12. The Bertz CT molecular complexity index is 603. The molecule has 1 aromatic carbocycles. The van der Waals surface area contributed by atoms with Crippen molar-refractivity contribution in [3.8, 4) is 0 Å². The molecule has 1 aliphatic heterocycles. The van der Waals surface area contributed by atoms with Crippen LogP contribution in [0.5, 0.6) is 0 Å². The van der Waals surface area contributed by atoms with Gasteiger partial charge in [-0.15, -0.1) is 0 Å². The van der Waals surface area contributed by atoms with Gasteiger partial charge >= 0.3 is 0 Å². The average molecular weight is 295 g/mol. The molecule has 2 aliphatic rings. The molecule has 0 unspecified atom stereocenters. The highest BCUT2D eigenvalue weighted by Crippen LogP contribution is 2.30. The zero-order valence-electron chi connectivity index (χ0n) is 10.1. The predicted molar refractivity (Wildman–Crippen MR) is 77.4 cm³/mol. The van der Waals surface area contributed by atoms with E-state index in [0.717, 1.165) is 24.2 Å². The minimum atomic E-state index is -0.145. The molecule has 1 heterocycles. The lowest BCUT2D eigenvalue weighted by Gasteiger charge is -2.24. The Kier molecular flexibility index (Phi) is 3.33. The smallest absolute Gasteiger partial charge is 0.275 e. The number of halogens is 2. The molecule has 1 aromatic rings. The molecule has 1 fully saturated rings. The number of carbonyl (C=O) groups is 1. The van der Waals surface area contributed by atoms with Gasteiger partial charge in [0, 0.05) is 5.92 Å². The molecule has 0 aromatic heterocycles. The van der Waals surface area contributed by atoms with Crippen LogP contribution >= 0.6 is 23.2 Å². The molecule has 98 valence electrons. The van der Waals surface area contributed by atoms with Crippen molar-refractivity contribution in [3.05, 3.63) is 39.5 Å². The van der Waals surface area contributed by atoms with Crippen LogP contribution < -0.4 is 5.32 Å². The number of aliphatic imine (C=N–C) groups is 1. The van der Waals surface area contributed by atoms with E-state index in [1.807, 2.05) is 6.07 Å². The zero-order valence-corrected chi connectivity index (χ0v) is 11.6. The van der Waals surface area contributed by atoms with Gasteiger partial charge in [0.1, 0.15) is 11.5 Å². The van der Waals surface area contributed by atoms with Crippen LogP contribution in [0.4, 0.5) is 0 Å². The van der Waals surface area contributed by atoms with Crippen LogP contribution in [0.1, 0.15) is 24.8 Å². The highest BCUT2D eigenvalue weighted by molar-refractivity contribution is 6.42. The van der Waals surface area contributed by atoms with Crippen molar-refractivity contribution >= 4 is 41.0 Å². The summed E-state index contributed by atoms with van der Waals surface area (Å²) in [6, 6.07) is 5.24. The summed E-state index contributed by atoms with van der Waals surface area (Å²) in [6.07, 6.45) is 5.16. The summed E-state index contributed by atoms with van der Waals surface area (Å²) in [7, 11) is 0. The Morgan fingerprint density at radius 3 is 2.68 bits per heavy atom. The first-order valence-corrected chi connectivity index (χ1v) is 6.96. The molecule has 0 atom stereocenters. The Morgan fingerprint density at radius 2 is 2.05 bits per heavy atom. The predicted octanol–water partition coefficient (Wildman–Crippen LogP) is 3.66. The Morgan fingerprint density at radius 1 is 1.26 bits per heavy atom. The first-order chi connectivity index (χ1) is 9.13. The Balaban J connectivity index is 1.87. The monoisotopic (exact) mass is 294 g/mol. The number of rotatable bonds is 2. The maximum atomic E-state index is 11.8. The topological polar surface area (TPSA) is 41.5 Å². The maximum absolute atomic E-state index is 11.8. The maximum Gasteiger partial charge on any atom is 0.275 e.